The average molecular weight is 766 g/mol. The maximum absolute atomic E-state index is 14.1. The molecule has 1 amide bonds. The van der Waals surface area contributed by atoms with Crippen molar-refractivity contribution in [1.82, 2.24) is 14.9 Å². The summed E-state index contributed by atoms with van der Waals surface area (Å²) in [6.45, 7) is 0.961. The van der Waals surface area contributed by atoms with Crippen LogP contribution in [-0.4, -0.2) is 42.8 Å². The third-order valence-corrected chi connectivity index (χ3v) is 9.24. The number of halogens is 6. The minimum atomic E-state index is -5.07. The first kappa shape index (κ1) is 40.9. The van der Waals surface area contributed by atoms with Crippen molar-refractivity contribution in [2.24, 2.45) is 0 Å². The molecule has 1 heterocycles. The van der Waals surface area contributed by atoms with Gasteiger partial charge >= 0.3 is 12.4 Å². The fraction of sp³-hybridized carbons (Fsp3) is 0.333. The molecular formula is C42H43F6N4O3-. The number of nitrogens with zero attached hydrogens (tertiary/aromatic N) is 2. The van der Waals surface area contributed by atoms with Crippen LogP contribution in [-0.2, 0) is 18.9 Å². The molecule has 0 unspecified atom stereocenters. The zero-order valence-electron chi connectivity index (χ0n) is 30.6. The zero-order valence-corrected chi connectivity index (χ0v) is 30.6. The molecule has 1 aromatic heterocycles. The maximum atomic E-state index is 14.1. The van der Waals surface area contributed by atoms with E-state index in [1.165, 1.54) is 14.2 Å². The molecular weight excluding hydrogens is 722 g/mol. The Balaban J connectivity index is 1.55. The van der Waals surface area contributed by atoms with E-state index in [1.54, 1.807) is 77.4 Å². The minimum absolute atomic E-state index is 0.0128. The number of hydrogen-bond acceptors (Lipinski definition) is 4. The lowest BCUT2D eigenvalue weighted by Crippen LogP contribution is -2.24. The molecule has 5 aromatic rings. The molecule has 4 aromatic carbocycles. The Morgan fingerprint density at radius 3 is 1.69 bits per heavy atom. The monoisotopic (exact) mass is 765 g/mol. The van der Waals surface area contributed by atoms with Crippen molar-refractivity contribution in [2.75, 3.05) is 27.3 Å². The number of nitrogens with one attached hydrogen (secondary N) is 2. The van der Waals surface area contributed by atoms with Crippen molar-refractivity contribution in [2.45, 2.75) is 63.8 Å². The van der Waals surface area contributed by atoms with Crippen molar-refractivity contribution in [3.63, 3.8) is 0 Å². The van der Waals surface area contributed by atoms with Gasteiger partial charge in [-0.25, -0.2) is 4.98 Å². The maximum Gasteiger partial charge on any atom is 0.416 e. The number of carbonyl (C=O) groups is 1. The lowest BCUT2D eigenvalue weighted by Gasteiger charge is -2.17. The molecule has 0 aliphatic heterocycles. The summed E-state index contributed by atoms with van der Waals surface area (Å²) < 4.78 is 96.8. The van der Waals surface area contributed by atoms with E-state index in [4.69, 9.17) is 20.2 Å². The van der Waals surface area contributed by atoms with Gasteiger partial charge in [-0.1, -0.05) is 50.7 Å². The Morgan fingerprint density at radius 2 is 1.18 bits per heavy atom. The van der Waals surface area contributed by atoms with Crippen LogP contribution in [0.25, 0.3) is 39.6 Å². The van der Waals surface area contributed by atoms with E-state index in [0.29, 0.717) is 70.4 Å². The van der Waals surface area contributed by atoms with Crippen molar-refractivity contribution in [1.29, 1.82) is 0 Å². The summed E-state index contributed by atoms with van der Waals surface area (Å²) in [6.07, 6.45) is -3.05. The highest BCUT2D eigenvalue weighted by Gasteiger charge is 2.38. The smallest absolute Gasteiger partial charge is 0.416 e. The summed E-state index contributed by atoms with van der Waals surface area (Å²) in [5.74, 6) is 0.707. The van der Waals surface area contributed by atoms with Crippen LogP contribution in [0.2, 0.25) is 0 Å². The molecule has 0 spiro atoms. The lowest BCUT2D eigenvalue weighted by molar-refractivity contribution is -0.143. The number of ether oxygens (including phenoxy) is 2. The molecule has 0 atom stereocenters. The molecule has 0 fully saturated rings. The molecule has 0 saturated heterocycles. The average Bonchev–Trinajstić information content (AvgIpc) is 3.55. The van der Waals surface area contributed by atoms with Crippen molar-refractivity contribution in [3.8, 4) is 45.4 Å². The number of carbonyl (C=O) groups excluding carboxylic acids is 1. The second kappa shape index (κ2) is 18.4. The first-order valence-corrected chi connectivity index (χ1v) is 18.0. The lowest BCUT2D eigenvalue weighted by atomic mass is 10.0. The molecule has 55 heavy (non-hydrogen) atoms. The molecule has 7 nitrogen and oxygen atoms in total. The summed E-state index contributed by atoms with van der Waals surface area (Å²) in [5.41, 5.74) is 6.84. The van der Waals surface area contributed by atoms with Gasteiger partial charge in [-0.15, -0.1) is 0 Å². The minimum Gasteiger partial charge on any atom is -0.677 e. The van der Waals surface area contributed by atoms with Gasteiger partial charge in [-0.2, -0.15) is 32.9 Å². The standard InChI is InChI=1S/C42H43F6N4O3/c1-54-35-18-14-29(15-19-35)37-38(30-16-20-36(55-2)21-17-30)52(39(51-37)32-24-33(41(43,44)45)26-34(25-32)42(46,47)48)27-28-10-12-31(13-11-28)40(53)50-23-9-7-5-3-4-6-8-22-49/h10-21,24-26,49H,3-9,22-23,27H2,1-2H3,(H,50,53)/q-1. The number of hydrogen-bond donors (Lipinski definition) is 1. The van der Waals surface area contributed by atoms with Crippen LogP contribution in [0.1, 0.15) is 72.0 Å². The van der Waals surface area contributed by atoms with E-state index in [1.807, 2.05) is 0 Å². The Hall–Kier alpha value is -5.30. The molecule has 13 heteroatoms. The largest absolute Gasteiger partial charge is 0.677 e. The molecule has 292 valence electrons. The predicted molar refractivity (Wildman–Crippen MR) is 201 cm³/mol. The van der Waals surface area contributed by atoms with Gasteiger partial charge in [0.25, 0.3) is 5.91 Å². The van der Waals surface area contributed by atoms with Crippen LogP contribution in [0.3, 0.4) is 0 Å². The Kier molecular flexibility index (Phi) is 13.6. The van der Waals surface area contributed by atoms with Gasteiger partial charge in [0.1, 0.15) is 17.3 Å². The summed E-state index contributed by atoms with van der Waals surface area (Å²) >= 11 is 0. The Bertz CT molecular complexity index is 1970. The molecule has 0 saturated carbocycles. The molecule has 0 aliphatic rings. The van der Waals surface area contributed by atoms with Crippen molar-refractivity contribution in [3.05, 3.63) is 119 Å². The normalized spacial score (nSPS) is 11.8. The number of rotatable bonds is 17. The van der Waals surface area contributed by atoms with Crippen LogP contribution in [0, 0.1) is 0 Å². The molecule has 0 aliphatic carbocycles. The van der Waals surface area contributed by atoms with Gasteiger partial charge in [0.05, 0.1) is 36.7 Å². The van der Waals surface area contributed by atoms with Gasteiger partial charge in [0.2, 0.25) is 0 Å². The highest BCUT2D eigenvalue weighted by Crippen LogP contribution is 2.42. The van der Waals surface area contributed by atoms with E-state index < -0.39 is 23.5 Å². The van der Waals surface area contributed by atoms with E-state index in [2.05, 4.69) is 5.32 Å². The number of imidazole rings is 1. The second-order valence-electron chi connectivity index (χ2n) is 13.1. The highest BCUT2D eigenvalue weighted by atomic mass is 19.4. The first-order valence-electron chi connectivity index (χ1n) is 18.0. The Labute approximate surface area is 316 Å². The number of benzene rings is 4. The quantitative estimate of drug-likeness (QED) is 0.0754. The number of methoxy groups -OCH3 is 2. The van der Waals surface area contributed by atoms with E-state index in [9.17, 15) is 31.1 Å². The number of alkyl halides is 6. The third kappa shape index (κ3) is 10.7. The van der Waals surface area contributed by atoms with Crippen LogP contribution in [0.15, 0.2) is 91.0 Å². The number of amides is 1. The van der Waals surface area contributed by atoms with Crippen LogP contribution in [0.4, 0.5) is 26.3 Å². The molecule has 2 N–H and O–H groups in total. The Morgan fingerprint density at radius 1 is 0.673 bits per heavy atom. The topological polar surface area (TPSA) is 89.2 Å². The van der Waals surface area contributed by atoms with Gasteiger partial charge in [-0.3, -0.25) is 4.79 Å². The summed E-state index contributed by atoms with van der Waals surface area (Å²) in [4.78, 5) is 17.7. The van der Waals surface area contributed by atoms with Crippen LogP contribution < -0.4 is 14.8 Å². The fourth-order valence-electron chi connectivity index (χ4n) is 6.28. The summed E-state index contributed by atoms with van der Waals surface area (Å²) in [7, 11) is 3.00. The van der Waals surface area contributed by atoms with Gasteiger partial charge in [0, 0.05) is 35.3 Å². The number of unbranched alkanes of at least 4 members (excludes halogenated alkanes) is 6. The van der Waals surface area contributed by atoms with Gasteiger partial charge < -0.3 is 25.1 Å². The van der Waals surface area contributed by atoms with Crippen molar-refractivity contribution >= 4 is 5.91 Å². The van der Waals surface area contributed by atoms with Crippen LogP contribution in [0.5, 0.6) is 11.5 Å². The summed E-state index contributed by atoms with van der Waals surface area (Å²) in [6, 6.07) is 21.8. The highest BCUT2D eigenvalue weighted by molar-refractivity contribution is 5.94. The second-order valence-corrected chi connectivity index (χ2v) is 13.1. The molecule has 0 bridgehead atoms. The van der Waals surface area contributed by atoms with E-state index in [0.717, 1.165) is 44.9 Å². The molecule has 0 radical (unpaired) electrons. The number of aromatic nitrogens is 2. The van der Waals surface area contributed by atoms with Crippen molar-refractivity contribution < 1.29 is 40.6 Å². The third-order valence-electron chi connectivity index (χ3n) is 9.24. The molecule has 5 rings (SSSR count). The SMILES string of the molecule is COc1ccc(-c2nc(-c3cc(C(F)(F)F)cc(C(F)(F)F)c3)n(Cc3ccc(C(=O)NCCCCCCCCC[NH-])cc3)c2-c2ccc(OC)cc2)cc1. The van der Waals surface area contributed by atoms with Crippen LogP contribution >= 0.6 is 0 Å². The zero-order chi connectivity index (χ0) is 39.6. The fourth-order valence-corrected chi connectivity index (χ4v) is 6.28. The van der Waals surface area contributed by atoms with E-state index >= 15 is 0 Å². The summed E-state index contributed by atoms with van der Waals surface area (Å²) in [5, 5.41) is 2.93. The first-order chi connectivity index (χ1) is 26.3. The van der Waals surface area contributed by atoms with Gasteiger partial charge in [-0.05, 0) is 90.8 Å². The predicted octanol–water partition coefficient (Wildman–Crippen LogP) is 11.5. The van der Waals surface area contributed by atoms with E-state index in [-0.39, 0.29) is 29.9 Å². The van der Waals surface area contributed by atoms with Gasteiger partial charge in [0.15, 0.2) is 0 Å².